The molecule has 2 aromatic rings. The van der Waals surface area contributed by atoms with Gasteiger partial charge in [-0.1, -0.05) is 25.1 Å². The molecule has 150 valence electrons. The van der Waals surface area contributed by atoms with Crippen molar-refractivity contribution in [1.29, 1.82) is 0 Å². The fourth-order valence-corrected chi connectivity index (χ4v) is 4.38. The van der Waals surface area contributed by atoms with Gasteiger partial charge in [0.1, 0.15) is 17.0 Å². The Bertz CT molecular complexity index is 830. The number of benzene rings is 1. The normalized spacial score (nSPS) is 21.4. The van der Waals surface area contributed by atoms with Gasteiger partial charge in [-0.3, -0.25) is 4.79 Å². The lowest BCUT2D eigenvalue weighted by Gasteiger charge is -2.30. The predicted octanol–water partition coefficient (Wildman–Crippen LogP) is 3.97. The maximum absolute atomic E-state index is 12.9. The largest absolute Gasteiger partial charge is 0.491 e. The van der Waals surface area contributed by atoms with E-state index >= 15 is 0 Å². The summed E-state index contributed by atoms with van der Waals surface area (Å²) in [6.45, 7) is 5.77. The second-order valence-corrected chi connectivity index (χ2v) is 8.41. The molecular formula is C23H31N3O2. The molecule has 5 nitrogen and oxygen atoms in total. The number of hydrogen-bond acceptors (Lipinski definition) is 4. The van der Waals surface area contributed by atoms with E-state index in [4.69, 9.17) is 9.72 Å². The van der Waals surface area contributed by atoms with Gasteiger partial charge in [-0.25, -0.2) is 4.98 Å². The van der Waals surface area contributed by atoms with Gasteiger partial charge in [0.2, 0.25) is 0 Å². The molecule has 2 fully saturated rings. The molecule has 1 atom stereocenters. The smallest absolute Gasteiger partial charge is 0.272 e. The Morgan fingerprint density at radius 1 is 1.14 bits per heavy atom. The number of rotatable bonds is 5. The van der Waals surface area contributed by atoms with Gasteiger partial charge in [0.25, 0.3) is 5.91 Å². The van der Waals surface area contributed by atoms with Gasteiger partial charge in [0.15, 0.2) is 0 Å². The van der Waals surface area contributed by atoms with Crippen LogP contribution in [0.4, 0.5) is 0 Å². The summed E-state index contributed by atoms with van der Waals surface area (Å²) in [6, 6.07) is 10.4. The SMILES string of the molecule is CC1CCN(C(=O)c2ccc3cccc(OCCC4CCCN4C)c3n2)CC1. The molecule has 1 unspecified atom stereocenters. The number of hydrogen-bond donors (Lipinski definition) is 0. The van der Waals surface area contributed by atoms with Crippen LogP contribution in [0.1, 0.15) is 49.5 Å². The number of likely N-dealkylation sites (tertiary alicyclic amines) is 2. The zero-order chi connectivity index (χ0) is 19.5. The lowest BCUT2D eigenvalue weighted by atomic mass is 9.99. The molecule has 0 bridgehead atoms. The predicted molar refractivity (Wildman–Crippen MR) is 112 cm³/mol. The standard InChI is InChI=1S/C23H31N3O2/c1-17-10-14-26(15-11-17)23(27)20-9-8-18-5-3-7-21(22(18)24-20)28-16-12-19-6-4-13-25(19)2/h3,5,7-9,17,19H,4,6,10-16H2,1-2H3. The summed E-state index contributed by atoms with van der Waals surface area (Å²) in [7, 11) is 2.19. The molecule has 5 heteroatoms. The van der Waals surface area contributed by atoms with Crippen molar-refractivity contribution in [2.45, 2.75) is 45.1 Å². The van der Waals surface area contributed by atoms with E-state index in [1.54, 1.807) is 0 Å². The summed E-state index contributed by atoms with van der Waals surface area (Å²) in [6.07, 6.45) is 5.70. The monoisotopic (exact) mass is 381 g/mol. The van der Waals surface area contributed by atoms with Crippen LogP contribution in [0.25, 0.3) is 10.9 Å². The molecule has 1 amide bonds. The van der Waals surface area contributed by atoms with Gasteiger partial charge < -0.3 is 14.5 Å². The van der Waals surface area contributed by atoms with Crippen LogP contribution in [0.15, 0.2) is 30.3 Å². The highest BCUT2D eigenvalue weighted by Crippen LogP contribution is 2.26. The average molecular weight is 382 g/mol. The minimum Gasteiger partial charge on any atom is -0.491 e. The van der Waals surface area contributed by atoms with Crippen LogP contribution in [-0.2, 0) is 0 Å². The minimum absolute atomic E-state index is 0.0381. The molecule has 0 saturated carbocycles. The number of pyridine rings is 1. The van der Waals surface area contributed by atoms with Crippen LogP contribution >= 0.6 is 0 Å². The molecular weight excluding hydrogens is 350 g/mol. The lowest BCUT2D eigenvalue weighted by Crippen LogP contribution is -2.38. The Morgan fingerprint density at radius 3 is 2.71 bits per heavy atom. The van der Waals surface area contributed by atoms with Gasteiger partial charge in [0, 0.05) is 24.5 Å². The number of carbonyl (C=O) groups is 1. The van der Waals surface area contributed by atoms with Crippen molar-refractivity contribution in [3.05, 3.63) is 36.0 Å². The molecule has 3 heterocycles. The summed E-state index contributed by atoms with van der Waals surface area (Å²) in [5.41, 5.74) is 1.31. The third-order valence-corrected chi connectivity index (χ3v) is 6.35. The molecule has 2 aliphatic heterocycles. The number of fused-ring (bicyclic) bond motifs is 1. The van der Waals surface area contributed by atoms with Gasteiger partial charge in [-0.05, 0) is 63.7 Å². The molecule has 4 rings (SSSR count). The van der Waals surface area contributed by atoms with Crippen LogP contribution in [0.2, 0.25) is 0 Å². The van der Waals surface area contributed by atoms with E-state index in [0.29, 0.717) is 24.3 Å². The number of aromatic nitrogens is 1. The van der Waals surface area contributed by atoms with E-state index in [1.807, 2.05) is 35.2 Å². The summed E-state index contributed by atoms with van der Waals surface area (Å²) in [4.78, 5) is 22.0. The van der Waals surface area contributed by atoms with Gasteiger partial charge in [0.05, 0.1) is 6.61 Å². The molecule has 0 aliphatic carbocycles. The van der Waals surface area contributed by atoms with Crippen molar-refractivity contribution in [1.82, 2.24) is 14.8 Å². The lowest BCUT2D eigenvalue weighted by molar-refractivity contribution is 0.0691. The molecule has 1 aromatic carbocycles. The molecule has 2 saturated heterocycles. The second kappa shape index (κ2) is 8.48. The van der Waals surface area contributed by atoms with E-state index in [2.05, 4.69) is 18.9 Å². The number of carbonyl (C=O) groups excluding carboxylic acids is 1. The first-order valence-corrected chi connectivity index (χ1v) is 10.6. The first-order valence-electron chi connectivity index (χ1n) is 10.6. The molecule has 28 heavy (non-hydrogen) atoms. The van der Waals surface area contributed by atoms with E-state index < -0.39 is 0 Å². The highest BCUT2D eigenvalue weighted by Gasteiger charge is 2.23. The number of nitrogens with zero attached hydrogens (tertiary/aromatic N) is 3. The van der Waals surface area contributed by atoms with Crippen LogP contribution in [0.5, 0.6) is 5.75 Å². The van der Waals surface area contributed by atoms with Crippen LogP contribution in [0.3, 0.4) is 0 Å². The number of para-hydroxylation sites is 1. The Morgan fingerprint density at radius 2 is 1.96 bits per heavy atom. The third kappa shape index (κ3) is 4.14. The second-order valence-electron chi connectivity index (χ2n) is 8.41. The Labute approximate surface area is 167 Å². The number of ether oxygens (including phenoxy) is 1. The maximum Gasteiger partial charge on any atom is 0.272 e. The Kier molecular flexibility index (Phi) is 5.81. The Balaban J connectivity index is 1.48. The quantitative estimate of drug-likeness (QED) is 0.786. The number of piperidine rings is 1. The van der Waals surface area contributed by atoms with Crippen molar-refractivity contribution < 1.29 is 9.53 Å². The fourth-order valence-electron chi connectivity index (χ4n) is 4.38. The fraction of sp³-hybridized carbons (Fsp3) is 0.565. The van der Waals surface area contributed by atoms with Crippen molar-refractivity contribution >= 4 is 16.8 Å². The van der Waals surface area contributed by atoms with E-state index in [0.717, 1.165) is 49.0 Å². The molecule has 2 aliphatic rings. The van der Waals surface area contributed by atoms with Gasteiger partial charge >= 0.3 is 0 Å². The summed E-state index contributed by atoms with van der Waals surface area (Å²) >= 11 is 0. The van der Waals surface area contributed by atoms with Crippen LogP contribution in [-0.4, -0.2) is 60.0 Å². The van der Waals surface area contributed by atoms with Gasteiger partial charge in [-0.2, -0.15) is 0 Å². The first kappa shape index (κ1) is 19.2. The Hall–Kier alpha value is -2.14. The first-order chi connectivity index (χ1) is 13.6. The molecule has 0 spiro atoms. The maximum atomic E-state index is 12.9. The molecule has 0 radical (unpaired) electrons. The molecule has 1 aromatic heterocycles. The minimum atomic E-state index is 0.0381. The van der Waals surface area contributed by atoms with E-state index in [9.17, 15) is 4.79 Å². The summed E-state index contributed by atoms with van der Waals surface area (Å²) in [5.74, 6) is 1.52. The van der Waals surface area contributed by atoms with Crippen LogP contribution in [0, 0.1) is 5.92 Å². The molecule has 0 N–H and O–H groups in total. The zero-order valence-electron chi connectivity index (χ0n) is 17.1. The topological polar surface area (TPSA) is 45.7 Å². The third-order valence-electron chi connectivity index (χ3n) is 6.35. The summed E-state index contributed by atoms with van der Waals surface area (Å²) in [5, 5.41) is 1.01. The highest BCUT2D eigenvalue weighted by atomic mass is 16.5. The number of amides is 1. The average Bonchev–Trinajstić information content (AvgIpc) is 3.12. The van der Waals surface area contributed by atoms with Crippen molar-refractivity contribution in [2.75, 3.05) is 33.3 Å². The van der Waals surface area contributed by atoms with E-state index in [-0.39, 0.29) is 5.91 Å². The zero-order valence-corrected chi connectivity index (χ0v) is 17.1. The highest BCUT2D eigenvalue weighted by molar-refractivity contribution is 5.96. The van der Waals surface area contributed by atoms with Gasteiger partial charge in [-0.15, -0.1) is 0 Å². The summed E-state index contributed by atoms with van der Waals surface area (Å²) < 4.78 is 6.11. The van der Waals surface area contributed by atoms with E-state index in [1.165, 1.54) is 19.4 Å². The van der Waals surface area contributed by atoms with Crippen molar-refractivity contribution in [3.63, 3.8) is 0 Å². The van der Waals surface area contributed by atoms with Crippen LogP contribution < -0.4 is 4.74 Å². The van der Waals surface area contributed by atoms with Crippen molar-refractivity contribution in [3.8, 4) is 5.75 Å². The van der Waals surface area contributed by atoms with Crippen molar-refractivity contribution in [2.24, 2.45) is 5.92 Å².